The molecule has 0 spiro atoms. The fourth-order valence-electron chi connectivity index (χ4n) is 3.54. The van der Waals surface area contributed by atoms with Gasteiger partial charge in [0.05, 0.1) is 5.54 Å². The molecule has 33 heavy (non-hydrogen) atoms. The van der Waals surface area contributed by atoms with Gasteiger partial charge < -0.3 is 15.7 Å². The first-order chi connectivity index (χ1) is 15.8. The van der Waals surface area contributed by atoms with E-state index in [-0.39, 0.29) is 12.8 Å². The van der Waals surface area contributed by atoms with E-state index in [1.165, 1.54) is 0 Å². The van der Waals surface area contributed by atoms with Crippen molar-refractivity contribution in [1.29, 1.82) is 0 Å². The van der Waals surface area contributed by atoms with Gasteiger partial charge in [0.25, 0.3) is 5.91 Å². The monoisotopic (exact) mass is 444 g/mol. The Balaban J connectivity index is 1.73. The van der Waals surface area contributed by atoms with Crippen molar-refractivity contribution in [1.82, 2.24) is 10.6 Å². The number of benzene rings is 3. The number of hydrogen-bond acceptors (Lipinski definition) is 3. The minimum Gasteiger partial charge on any atom is -0.481 e. The van der Waals surface area contributed by atoms with Crippen molar-refractivity contribution < 1.29 is 19.5 Å². The van der Waals surface area contributed by atoms with E-state index in [0.717, 1.165) is 16.7 Å². The van der Waals surface area contributed by atoms with Crippen LogP contribution in [0.4, 0.5) is 0 Å². The first kappa shape index (κ1) is 23.7. The molecule has 3 aromatic rings. The fraction of sp³-hybridized carbons (Fsp3) is 0.222. The Morgan fingerprint density at radius 1 is 0.818 bits per heavy atom. The smallest absolute Gasteiger partial charge is 0.303 e. The molecule has 0 heterocycles. The van der Waals surface area contributed by atoms with Crippen molar-refractivity contribution in [2.75, 3.05) is 0 Å². The van der Waals surface area contributed by atoms with Gasteiger partial charge in [0.1, 0.15) is 6.04 Å². The Morgan fingerprint density at radius 3 is 1.94 bits per heavy atom. The van der Waals surface area contributed by atoms with Crippen LogP contribution in [-0.4, -0.2) is 28.9 Å². The molecule has 0 bridgehead atoms. The second-order valence-corrected chi connectivity index (χ2v) is 8.38. The zero-order valence-corrected chi connectivity index (χ0v) is 18.7. The SMILES string of the molecule is CC(C)(NC(=O)[C@H](CCC(=O)O)NC(=O)c1ccc(-c2ccccc2)cc1)c1ccccc1. The third kappa shape index (κ3) is 6.53. The average Bonchev–Trinajstić information content (AvgIpc) is 2.82. The Hall–Kier alpha value is -3.93. The van der Waals surface area contributed by atoms with Crippen molar-refractivity contribution in [3.05, 3.63) is 96.1 Å². The summed E-state index contributed by atoms with van der Waals surface area (Å²) in [6.45, 7) is 3.72. The van der Waals surface area contributed by atoms with Crippen molar-refractivity contribution in [3.8, 4) is 11.1 Å². The van der Waals surface area contributed by atoms with Crippen LogP contribution in [0, 0.1) is 0 Å². The molecule has 0 aliphatic rings. The van der Waals surface area contributed by atoms with Gasteiger partial charge in [0.2, 0.25) is 5.91 Å². The van der Waals surface area contributed by atoms with Gasteiger partial charge in [-0.05, 0) is 49.1 Å². The first-order valence-electron chi connectivity index (χ1n) is 10.8. The van der Waals surface area contributed by atoms with Crippen molar-refractivity contribution in [2.45, 2.75) is 38.3 Å². The Bertz CT molecular complexity index is 1090. The van der Waals surface area contributed by atoms with Crippen LogP contribution >= 0.6 is 0 Å². The molecule has 0 saturated heterocycles. The van der Waals surface area contributed by atoms with Crippen LogP contribution in [0.2, 0.25) is 0 Å². The minimum atomic E-state index is -1.03. The zero-order valence-electron chi connectivity index (χ0n) is 18.7. The molecule has 0 aliphatic heterocycles. The summed E-state index contributed by atoms with van der Waals surface area (Å²) < 4.78 is 0. The van der Waals surface area contributed by atoms with Crippen LogP contribution < -0.4 is 10.6 Å². The standard InChI is InChI=1S/C27H28N2O4/c1-27(2,22-11-7-4-8-12-22)29-26(33)23(17-18-24(30)31)28-25(32)21-15-13-20(14-16-21)19-9-5-3-6-10-19/h3-16,23H,17-18H2,1-2H3,(H,28,32)(H,29,33)(H,30,31)/t23-/m0/s1. The summed E-state index contributed by atoms with van der Waals surface area (Å²) in [6, 6.07) is 25.3. The van der Waals surface area contributed by atoms with Crippen LogP contribution in [-0.2, 0) is 15.1 Å². The third-order valence-electron chi connectivity index (χ3n) is 5.45. The van der Waals surface area contributed by atoms with Crippen molar-refractivity contribution in [2.24, 2.45) is 0 Å². The predicted molar refractivity (Wildman–Crippen MR) is 128 cm³/mol. The summed E-state index contributed by atoms with van der Waals surface area (Å²) in [5.74, 6) is -1.89. The molecule has 1 atom stereocenters. The molecular formula is C27H28N2O4. The molecule has 6 nitrogen and oxygen atoms in total. The van der Waals surface area contributed by atoms with E-state index in [4.69, 9.17) is 5.11 Å². The molecule has 0 aromatic heterocycles. The summed E-state index contributed by atoms with van der Waals surface area (Å²) in [7, 11) is 0. The Labute approximate surface area is 193 Å². The van der Waals surface area contributed by atoms with Gasteiger partial charge in [0.15, 0.2) is 0 Å². The number of carbonyl (C=O) groups excluding carboxylic acids is 2. The Kier molecular flexibility index (Phi) is 7.61. The van der Waals surface area contributed by atoms with E-state index in [1.54, 1.807) is 12.1 Å². The van der Waals surface area contributed by atoms with Gasteiger partial charge in [-0.2, -0.15) is 0 Å². The lowest BCUT2D eigenvalue weighted by molar-refractivity contribution is -0.137. The Morgan fingerprint density at radius 2 is 1.36 bits per heavy atom. The normalized spacial score (nSPS) is 11.9. The molecular weight excluding hydrogens is 416 g/mol. The summed E-state index contributed by atoms with van der Waals surface area (Å²) >= 11 is 0. The van der Waals surface area contributed by atoms with Crippen LogP contribution in [0.25, 0.3) is 11.1 Å². The molecule has 170 valence electrons. The second-order valence-electron chi connectivity index (χ2n) is 8.38. The number of hydrogen-bond donors (Lipinski definition) is 3. The molecule has 3 aromatic carbocycles. The minimum absolute atomic E-state index is 0.0140. The lowest BCUT2D eigenvalue weighted by Gasteiger charge is -2.29. The molecule has 0 unspecified atom stereocenters. The average molecular weight is 445 g/mol. The topological polar surface area (TPSA) is 95.5 Å². The number of carbonyl (C=O) groups is 3. The predicted octanol–water partition coefficient (Wildman–Crippen LogP) is 4.37. The number of carboxylic acids is 1. The maximum atomic E-state index is 13.0. The highest BCUT2D eigenvalue weighted by molar-refractivity contribution is 5.98. The van der Waals surface area contributed by atoms with E-state index >= 15 is 0 Å². The number of aliphatic carboxylic acids is 1. The molecule has 0 saturated carbocycles. The van der Waals surface area contributed by atoms with Crippen molar-refractivity contribution in [3.63, 3.8) is 0 Å². The zero-order chi connectivity index (χ0) is 23.8. The van der Waals surface area contributed by atoms with Gasteiger partial charge >= 0.3 is 5.97 Å². The van der Waals surface area contributed by atoms with E-state index in [9.17, 15) is 14.4 Å². The molecule has 3 N–H and O–H groups in total. The molecule has 3 rings (SSSR count). The van der Waals surface area contributed by atoms with Crippen molar-refractivity contribution >= 4 is 17.8 Å². The summed E-state index contributed by atoms with van der Waals surface area (Å²) in [6.07, 6.45) is -0.253. The molecule has 0 aliphatic carbocycles. The lowest BCUT2D eigenvalue weighted by Crippen LogP contribution is -2.52. The maximum Gasteiger partial charge on any atom is 0.303 e. The first-order valence-corrected chi connectivity index (χ1v) is 10.8. The summed E-state index contributed by atoms with van der Waals surface area (Å²) in [4.78, 5) is 37.0. The second kappa shape index (κ2) is 10.6. The van der Waals surface area contributed by atoms with E-state index in [0.29, 0.717) is 5.56 Å². The largest absolute Gasteiger partial charge is 0.481 e. The fourth-order valence-corrected chi connectivity index (χ4v) is 3.54. The van der Waals surface area contributed by atoms with Gasteiger partial charge in [0, 0.05) is 12.0 Å². The highest BCUT2D eigenvalue weighted by Crippen LogP contribution is 2.21. The number of amides is 2. The maximum absolute atomic E-state index is 13.0. The molecule has 0 radical (unpaired) electrons. The van der Waals surface area contributed by atoms with Gasteiger partial charge in [-0.25, -0.2) is 0 Å². The third-order valence-corrected chi connectivity index (χ3v) is 5.45. The van der Waals surface area contributed by atoms with Crippen LogP contribution in [0.15, 0.2) is 84.9 Å². The highest BCUT2D eigenvalue weighted by atomic mass is 16.4. The van der Waals surface area contributed by atoms with Gasteiger partial charge in [-0.15, -0.1) is 0 Å². The quantitative estimate of drug-likeness (QED) is 0.457. The van der Waals surface area contributed by atoms with Crippen LogP contribution in [0.3, 0.4) is 0 Å². The lowest BCUT2D eigenvalue weighted by atomic mass is 9.93. The van der Waals surface area contributed by atoms with Crippen LogP contribution in [0.5, 0.6) is 0 Å². The van der Waals surface area contributed by atoms with Gasteiger partial charge in [-0.1, -0.05) is 72.8 Å². The van der Waals surface area contributed by atoms with Gasteiger partial charge in [-0.3, -0.25) is 14.4 Å². The molecule has 0 fully saturated rings. The molecule has 2 amide bonds. The highest BCUT2D eigenvalue weighted by Gasteiger charge is 2.29. The van der Waals surface area contributed by atoms with E-state index in [1.807, 2.05) is 86.6 Å². The summed E-state index contributed by atoms with van der Waals surface area (Å²) in [5.41, 5.74) is 2.61. The molecule has 6 heteroatoms. The summed E-state index contributed by atoms with van der Waals surface area (Å²) in [5, 5.41) is 14.7. The number of rotatable bonds is 9. The number of nitrogens with one attached hydrogen (secondary N) is 2. The van der Waals surface area contributed by atoms with E-state index in [2.05, 4.69) is 10.6 Å². The number of carboxylic acid groups (broad SMARTS) is 1. The van der Waals surface area contributed by atoms with Crippen LogP contribution in [0.1, 0.15) is 42.6 Å². The van der Waals surface area contributed by atoms with E-state index < -0.39 is 29.4 Å².